The normalized spacial score (nSPS) is 10.1. The number of rotatable bonds is 1. The van der Waals surface area contributed by atoms with E-state index in [4.69, 9.17) is 16.9 Å². The van der Waals surface area contributed by atoms with Crippen molar-refractivity contribution in [1.29, 1.82) is 5.26 Å². The fourth-order valence-electron chi connectivity index (χ4n) is 0.764. The highest BCUT2D eigenvalue weighted by molar-refractivity contribution is 9.10. The Labute approximate surface area is 84.4 Å². The Hall–Kier alpha value is -0.780. The molecule has 3 heteroatoms. The summed E-state index contributed by atoms with van der Waals surface area (Å²) in [5.74, 6) is 0. The van der Waals surface area contributed by atoms with Gasteiger partial charge in [0.2, 0.25) is 0 Å². The molecule has 0 saturated carbocycles. The van der Waals surface area contributed by atoms with Gasteiger partial charge in [-0.3, -0.25) is 0 Å². The second-order valence-corrected chi connectivity index (χ2v) is 3.42. The van der Waals surface area contributed by atoms with Crippen LogP contribution in [0.4, 0.5) is 0 Å². The van der Waals surface area contributed by atoms with Gasteiger partial charge in [0.05, 0.1) is 6.07 Å². The highest BCUT2D eigenvalue weighted by Gasteiger charge is 1.95. The summed E-state index contributed by atoms with van der Waals surface area (Å²) in [6, 6.07) is 7.34. The first-order valence-electron chi connectivity index (χ1n) is 3.25. The molecule has 12 heavy (non-hydrogen) atoms. The Morgan fingerprint density at radius 3 is 2.83 bits per heavy atom. The molecule has 1 aromatic carbocycles. The summed E-state index contributed by atoms with van der Waals surface area (Å²) in [4.78, 5) is 0. The van der Waals surface area contributed by atoms with Crippen molar-refractivity contribution in [2.45, 2.75) is 0 Å². The summed E-state index contributed by atoms with van der Waals surface area (Å²) < 4.78 is 0.890. The fraction of sp³-hybridized carbons (Fsp3) is 0. The Bertz CT molecular complexity index is 352. The van der Waals surface area contributed by atoms with Crippen molar-refractivity contribution >= 4 is 33.6 Å². The molecule has 0 amide bonds. The average Bonchev–Trinajstić information content (AvgIpc) is 2.03. The first-order valence-corrected chi connectivity index (χ1v) is 4.42. The third-order valence-electron chi connectivity index (χ3n) is 1.30. The summed E-state index contributed by atoms with van der Waals surface area (Å²) in [6.07, 6.45) is 3.15. The molecule has 1 rings (SSSR count). The van der Waals surface area contributed by atoms with Crippen LogP contribution in [-0.4, -0.2) is 0 Å². The zero-order valence-electron chi connectivity index (χ0n) is 6.09. The summed E-state index contributed by atoms with van der Waals surface area (Å²) in [7, 11) is 0. The van der Waals surface area contributed by atoms with Crippen LogP contribution in [-0.2, 0) is 0 Å². The van der Waals surface area contributed by atoms with E-state index < -0.39 is 0 Å². The molecule has 60 valence electrons. The second-order valence-electron chi connectivity index (χ2n) is 2.13. The minimum Gasteiger partial charge on any atom is -0.193 e. The van der Waals surface area contributed by atoms with Crippen LogP contribution in [0.3, 0.4) is 0 Å². The topological polar surface area (TPSA) is 23.8 Å². The fourth-order valence-corrected chi connectivity index (χ4v) is 1.58. The molecular weight excluding hydrogens is 237 g/mol. The lowest BCUT2D eigenvalue weighted by atomic mass is 10.2. The number of benzene rings is 1. The van der Waals surface area contributed by atoms with Gasteiger partial charge < -0.3 is 0 Å². The van der Waals surface area contributed by atoms with Crippen LogP contribution < -0.4 is 0 Å². The molecule has 0 aromatic heterocycles. The zero-order valence-corrected chi connectivity index (χ0v) is 8.43. The Kier molecular flexibility index (Phi) is 3.33. The number of hydrogen-bond donors (Lipinski definition) is 0. The van der Waals surface area contributed by atoms with E-state index in [0.29, 0.717) is 5.02 Å². The molecule has 0 saturated heterocycles. The van der Waals surface area contributed by atoms with Crippen molar-refractivity contribution in [3.8, 4) is 6.07 Å². The van der Waals surface area contributed by atoms with Crippen molar-refractivity contribution < 1.29 is 0 Å². The van der Waals surface area contributed by atoms with Crippen LogP contribution in [0.1, 0.15) is 5.56 Å². The van der Waals surface area contributed by atoms with E-state index in [1.807, 2.05) is 12.1 Å². The van der Waals surface area contributed by atoms with Crippen molar-refractivity contribution in [2.24, 2.45) is 0 Å². The van der Waals surface area contributed by atoms with Crippen LogP contribution >= 0.6 is 27.5 Å². The highest BCUT2D eigenvalue weighted by Crippen LogP contribution is 2.22. The largest absolute Gasteiger partial charge is 0.193 e. The Morgan fingerprint density at radius 2 is 2.25 bits per heavy atom. The van der Waals surface area contributed by atoms with Crippen LogP contribution in [0.25, 0.3) is 6.08 Å². The second kappa shape index (κ2) is 4.30. The molecule has 0 spiro atoms. The maximum atomic E-state index is 8.29. The molecule has 0 aliphatic carbocycles. The molecule has 0 atom stereocenters. The van der Waals surface area contributed by atoms with Gasteiger partial charge in [0.1, 0.15) is 0 Å². The smallest absolute Gasteiger partial charge is 0.0912 e. The van der Waals surface area contributed by atoms with Crippen molar-refractivity contribution in [3.63, 3.8) is 0 Å². The van der Waals surface area contributed by atoms with Gasteiger partial charge in [0, 0.05) is 15.6 Å². The molecule has 0 aliphatic heterocycles. The molecule has 0 fully saturated rings. The summed E-state index contributed by atoms with van der Waals surface area (Å²) in [5.41, 5.74) is 0.945. The molecule has 0 aliphatic rings. The standard InChI is InChI=1S/C9H5BrClN/c10-9-6-8(11)4-3-7(9)2-1-5-12/h1-4,6H. The van der Waals surface area contributed by atoms with Crippen LogP contribution in [0.15, 0.2) is 28.7 Å². The lowest BCUT2D eigenvalue weighted by Crippen LogP contribution is -1.74. The molecule has 0 radical (unpaired) electrons. The van der Waals surface area contributed by atoms with Crippen LogP contribution in [0.5, 0.6) is 0 Å². The number of allylic oxidation sites excluding steroid dienone is 1. The van der Waals surface area contributed by atoms with Crippen LogP contribution in [0, 0.1) is 11.3 Å². The van der Waals surface area contributed by atoms with E-state index in [2.05, 4.69) is 15.9 Å². The van der Waals surface area contributed by atoms with E-state index in [1.165, 1.54) is 6.08 Å². The summed E-state index contributed by atoms with van der Waals surface area (Å²) in [6.45, 7) is 0. The number of halogens is 2. The first kappa shape index (κ1) is 9.31. The van der Waals surface area contributed by atoms with Gasteiger partial charge in [0.25, 0.3) is 0 Å². The quantitative estimate of drug-likeness (QED) is 0.690. The maximum absolute atomic E-state index is 8.29. The van der Waals surface area contributed by atoms with E-state index in [-0.39, 0.29) is 0 Å². The average molecular weight is 243 g/mol. The monoisotopic (exact) mass is 241 g/mol. The Morgan fingerprint density at radius 1 is 1.50 bits per heavy atom. The minimum atomic E-state index is 0.677. The maximum Gasteiger partial charge on any atom is 0.0912 e. The van der Waals surface area contributed by atoms with Crippen molar-refractivity contribution in [3.05, 3.63) is 39.3 Å². The molecular formula is C9H5BrClN. The van der Waals surface area contributed by atoms with Gasteiger partial charge in [-0.05, 0) is 23.8 Å². The van der Waals surface area contributed by atoms with Gasteiger partial charge in [-0.2, -0.15) is 5.26 Å². The first-order chi connectivity index (χ1) is 5.74. The molecule has 1 nitrogen and oxygen atoms in total. The lowest BCUT2D eigenvalue weighted by Gasteiger charge is -1.97. The molecule has 0 N–H and O–H groups in total. The summed E-state index contributed by atoms with van der Waals surface area (Å²) >= 11 is 9.06. The van der Waals surface area contributed by atoms with Gasteiger partial charge in [-0.25, -0.2) is 0 Å². The Balaban J connectivity index is 3.03. The van der Waals surface area contributed by atoms with Gasteiger partial charge in [0.15, 0.2) is 0 Å². The van der Waals surface area contributed by atoms with Crippen molar-refractivity contribution in [2.75, 3.05) is 0 Å². The minimum absolute atomic E-state index is 0.677. The molecule has 0 bridgehead atoms. The van der Waals surface area contributed by atoms with E-state index >= 15 is 0 Å². The third kappa shape index (κ3) is 2.37. The van der Waals surface area contributed by atoms with E-state index in [1.54, 1.807) is 18.2 Å². The molecule has 0 unspecified atom stereocenters. The summed E-state index contributed by atoms with van der Waals surface area (Å²) in [5, 5.41) is 8.97. The van der Waals surface area contributed by atoms with Gasteiger partial charge in [-0.15, -0.1) is 0 Å². The molecule has 0 heterocycles. The number of hydrogen-bond acceptors (Lipinski definition) is 1. The SMILES string of the molecule is N#CC=Cc1ccc(Cl)cc1Br. The lowest BCUT2D eigenvalue weighted by molar-refractivity contribution is 1.53. The highest BCUT2D eigenvalue weighted by atomic mass is 79.9. The number of nitriles is 1. The molecule has 1 aromatic rings. The van der Waals surface area contributed by atoms with Crippen LogP contribution in [0.2, 0.25) is 5.02 Å². The van der Waals surface area contributed by atoms with E-state index in [0.717, 1.165) is 10.0 Å². The van der Waals surface area contributed by atoms with Crippen molar-refractivity contribution in [1.82, 2.24) is 0 Å². The predicted molar refractivity (Wildman–Crippen MR) is 53.8 cm³/mol. The predicted octanol–water partition coefficient (Wildman–Crippen LogP) is 3.64. The third-order valence-corrected chi connectivity index (χ3v) is 2.22. The van der Waals surface area contributed by atoms with Gasteiger partial charge >= 0.3 is 0 Å². The number of nitrogens with zero attached hydrogens (tertiary/aromatic N) is 1. The van der Waals surface area contributed by atoms with E-state index in [9.17, 15) is 0 Å². The zero-order chi connectivity index (χ0) is 8.97. The van der Waals surface area contributed by atoms with Gasteiger partial charge in [-0.1, -0.05) is 33.6 Å².